The second-order valence-corrected chi connectivity index (χ2v) is 5.21. The second kappa shape index (κ2) is 6.85. The van der Waals surface area contributed by atoms with Gasteiger partial charge in [-0.05, 0) is 25.8 Å². The van der Waals surface area contributed by atoms with Crippen molar-refractivity contribution in [3.8, 4) is 0 Å². The molecular formula is C19H20O. The van der Waals surface area contributed by atoms with Crippen molar-refractivity contribution in [3.05, 3.63) is 83.4 Å². The highest BCUT2D eigenvalue weighted by Crippen LogP contribution is 2.25. The van der Waals surface area contributed by atoms with E-state index in [-0.39, 0.29) is 11.7 Å². The summed E-state index contributed by atoms with van der Waals surface area (Å²) in [5.74, 6) is 0.0859. The number of rotatable bonds is 5. The number of carbonyl (C=O) groups excluding carboxylic acids is 1. The zero-order valence-corrected chi connectivity index (χ0v) is 12.0. The molecule has 1 atom stereocenters. The van der Waals surface area contributed by atoms with E-state index in [1.807, 2.05) is 60.7 Å². The van der Waals surface area contributed by atoms with Gasteiger partial charge in [0.1, 0.15) is 0 Å². The van der Waals surface area contributed by atoms with Crippen LogP contribution in [0.4, 0.5) is 0 Å². The van der Waals surface area contributed by atoms with E-state index >= 15 is 0 Å². The molecule has 0 amide bonds. The van der Waals surface area contributed by atoms with E-state index in [4.69, 9.17) is 0 Å². The van der Waals surface area contributed by atoms with Crippen molar-refractivity contribution in [1.82, 2.24) is 0 Å². The summed E-state index contributed by atoms with van der Waals surface area (Å²) in [6.07, 6.45) is 2.89. The Kier molecular flexibility index (Phi) is 4.89. The van der Waals surface area contributed by atoms with Crippen molar-refractivity contribution < 1.29 is 4.79 Å². The molecular weight excluding hydrogens is 244 g/mol. The Balaban J connectivity index is 2.32. The average Bonchev–Trinajstić information content (AvgIpc) is 2.49. The molecule has 2 rings (SSSR count). The first-order valence-corrected chi connectivity index (χ1v) is 6.96. The third kappa shape index (κ3) is 3.67. The summed E-state index contributed by atoms with van der Waals surface area (Å²) in [7, 11) is 0. The van der Waals surface area contributed by atoms with Crippen LogP contribution in [0.2, 0.25) is 0 Å². The van der Waals surface area contributed by atoms with Crippen LogP contribution in [0.5, 0.6) is 0 Å². The molecule has 0 radical (unpaired) electrons. The van der Waals surface area contributed by atoms with Crippen LogP contribution < -0.4 is 0 Å². The molecule has 0 saturated carbocycles. The van der Waals surface area contributed by atoms with Gasteiger partial charge in [0.05, 0.1) is 5.92 Å². The lowest BCUT2D eigenvalue weighted by Gasteiger charge is -2.15. The van der Waals surface area contributed by atoms with Crippen LogP contribution in [0.25, 0.3) is 0 Å². The Labute approximate surface area is 121 Å². The van der Waals surface area contributed by atoms with Crippen molar-refractivity contribution in [2.24, 2.45) is 0 Å². The molecule has 20 heavy (non-hydrogen) atoms. The van der Waals surface area contributed by atoms with Crippen LogP contribution in [0.3, 0.4) is 0 Å². The molecule has 0 aliphatic rings. The van der Waals surface area contributed by atoms with E-state index in [1.54, 1.807) is 0 Å². The molecule has 0 spiro atoms. The molecule has 0 heterocycles. The molecule has 0 N–H and O–H groups in total. The van der Waals surface area contributed by atoms with Crippen molar-refractivity contribution in [1.29, 1.82) is 0 Å². The van der Waals surface area contributed by atoms with Gasteiger partial charge in [0.2, 0.25) is 0 Å². The van der Waals surface area contributed by atoms with Gasteiger partial charge in [-0.15, -0.1) is 0 Å². The molecule has 0 saturated heterocycles. The standard InChI is InChI=1S/C19H20O/c1-15(2)13-14-18(16-9-5-3-6-10-16)19(20)17-11-7-4-8-12-17/h3-13,18H,14H2,1-2H3. The molecule has 1 unspecified atom stereocenters. The van der Waals surface area contributed by atoms with Crippen molar-refractivity contribution in [2.45, 2.75) is 26.2 Å². The van der Waals surface area contributed by atoms with Crippen LogP contribution in [-0.2, 0) is 0 Å². The van der Waals surface area contributed by atoms with Crippen molar-refractivity contribution in [2.75, 3.05) is 0 Å². The van der Waals surface area contributed by atoms with Crippen LogP contribution in [0, 0.1) is 0 Å². The van der Waals surface area contributed by atoms with Crippen LogP contribution in [0.15, 0.2) is 72.3 Å². The topological polar surface area (TPSA) is 17.1 Å². The Bertz CT molecular complexity index is 578. The lowest BCUT2D eigenvalue weighted by molar-refractivity contribution is 0.0960. The molecule has 0 bridgehead atoms. The molecule has 0 fully saturated rings. The van der Waals surface area contributed by atoms with Gasteiger partial charge in [-0.2, -0.15) is 0 Å². The number of Topliss-reactive ketones (excluding diaryl/α,β-unsaturated/α-hetero) is 1. The average molecular weight is 264 g/mol. The predicted molar refractivity (Wildman–Crippen MR) is 84.0 cm³/mol. The van der Waals surface area contributed by atoms with Crippen molar-refractivity contribution >= 4 is 5.78 Å². The zero-order chi connectivity index (χ0) is 14.4. The van der Waals surface area contributed by atoms with Crippen molar-refractivity contribution in [3.63, 3.8) is 0 Å². The fraction of sp³-hybridized carbons (Fsp3) is 0.211. The number of hydrogen-bond acceptors (Lipinski definition) is 1. The van der Waals surface area contributed by atoms with E-state index in [0.717, 1.165) is 17.5 Å². The maximum absolute atomic E-state index is 12.7. The van der Waals surface area contributed by atoms with Gasteiger partial charge in [0.15, 0.2) is 5.78 Å². The third-order valence-electron chi connectivity index (χ3n) is 3.34. The maximum atomic E-state index is 12.7. The maximum Gasteiger partial charge on any atom is 0.170 e. The van der Waals surface area contributed by atoms with E-state index in [1.165, 1.54) is 5.57 Å². The predicted octanol–water partition coefficient (Wildman–Crippen LogP) is 5.01. The Morgan fingerprint density at radius 3 is 2.05 bits per heavy atom. The minimum Gasteiger partial charge on any atom is -0.293 e. The summed E-state index contributed by atoms with van der Waals surface area (Å²) in [5.41, 5.74) is 3.11. The minimum atomic E-state index is -0.103. The molecule has 0 aromatic heterocycles. The molecule has 1 nitrogen and oxygen atoms in total. The molecule has 102 valence electrons. The normalized spacial score (nSPS) is 11.7. The second-order valence-electron chi connectivity index (χ2n) is 5.21. The molecule has 2 aromatic carbocycles. The summed E-state index contributed by atoms with van der Waals surface area (Å²) >= 11 is 0. The Hall–Kier alpha value is -2.15. The van der Waals surface area contributed by atoms with Crippen LogP contribution >= 0.6 is 0 Å². The Morgan fingerprint density at radius 2 is 1.50 bits per heavy atom. The zero-order valence-electron chi connectivity index (χ0n) is 12.0. The SMILES string of the molecule is CC(C)=CCC(C(=O)c1ccccc1)c1ccccc1. The largest absolute Gasteiger partial charge is 0.293 e. The van der Waals surface area contributed by atoms with Crippen LogP contribution in [0.1, 0.15) is 42.1 Å². The minimum absolute atomic E-state index is 0.103. The highest BCUT2D eigenvalue weighted by Gasteiger charge is 2.20. The summed E-state index contributed by atoms with van der Waals surface area (Å²) in [6, 6.07) is 19.6. The van der Waals surface area contributed by atoms with Gasteiger partial charge in [0, 0.05) is 5.56 Å². The highest BCUT2D eigenvalue weighted by atomic mass is 16.1. The number of ketones is 1. The van der Waals surface area contributed by atoms with Gasteiger partial charge in [-0.3, -0.25) is 4.79 Å². The number of hydrogen-bond donors (Lipinski definition) is 0. The fourth-order valence-corrected chi connectivity index (χ4v) is 2.24. The summed E-state index contributed by atoms with van der Waals surface area (Å²) in [4.78, 5) is 12.7. The monoisotopic (exact) mass is 264 g/mol. The van der Waals surface area contributed by atoms with Gasteiger partial charge < -0.3 is 0 Å². The first-order chi connectivity index (χ1) is 9.68. The van der Waals surface area contributed by atoms with Gasteiger partial charge >= 0.3 is 0 Å². The molecule has 0 aliphatic heterocycles. The molecule has 2 aromatic rings. The van der Waals surface area contributed by atoms with Crippen LogP contribution in [-0.4, -0.2) is 5.78 Å². The number of benzene rings is 2. The van der Waals surface area contributed by atoms with E-state index in [2.05, 4.69) is 19.9 Å². The van der Waals surface area contributed by atoms with E-state index < -0.39 is 0 Å². The lowest BCUT2D eigenvalue weighted by atomic mass is 9.87. The third-order valence-corrected chi connectivity index (χ3v) is 3.34. The van der Waals surface area contributed by atoms with E-state index in [9.17, 15) is 4.79 Å². The van der Waals surface area contributed by atoms with Gasteiger partial charge in [0.25, 0.3) is 0 Å². The smallest absolute Gasteiger partial charge is 0.170 e. The van der Waals surface area contributed by atoms with Gasteiger partial charge in [-0.1, -0.05) is 72.3 Å². The van der Waals surface area contributed by atoms with E-state index in [0.29, 0.717) is 0 Å². The quantitative estimate of drug-likeness (QED) is 0.548. The fourth-order valence-electron chi connectivity index (χ4n) is 2.24. The summed E-state index contributed by atoms with van der Waals surface area (Å²) in [6.45, 7) is 4.13. The highest BCUT2D eigenvalue weighted by molar-refractivity contribution is 6.01. The molecule has 0 aliphatic carbocycles. The summed E-state index contributed by atoms with van der Waals surface area (Å²) < 4.78 is 0. The first kappa shape index (κ1) is 14.3. The molecule has 1 heteroatoms. The lowest BCUT2D eigenvalue weighted by Crippen LogP contribution is -2.12. The number of allylic oxidation sites excluding steroid dienone is 2. The number of carbonyl (C=O) groups is 1. The summed E-state index contributed by atoms with van der Waals surface area (Å²) in [5, 5.41) is 0. The first-order valence-electron chi connectivity index (χ1n) is 6.96. The Morgan fingerprint density at radius 1 is 0.950 bits per heavy atom. The van der Waals surface area contributed by atoms with Gasteiger partial charge in [-0.25, -0.2) is 0 Å².